The van der Waals surface area contributed by atoms with Crippen LogP contribution in [0.4, 0.5) is 4.79 Å². The van der Waals surface area contributed by atoms with E-state index in [2.05, 4.69) is 45.7 Å². The summed E-state index contributed by atoms with van der Waals surface area (Å²) >= 11 is 3.53. The predicted molar refractivity (Wildman–Crippen MR) is 105 cm³/mol. The number of fused-ring (bicyclic) bond motifs is 3. The summed E-state index contributed by atoms with van der Waals surface area (Å²) < 4.78 is 8.91. The third kappa shape index (κ3) is 3.13. The van der Waals surface area contributed by atoms with Gasteiger partial charge in [0.2, 0.25) is 0 Å². The summed E-state index contributed by atoms with van der Waals surface area (Å²) in [6.45, 7) is 5.78. The van der Waals surface area contributed by atoms with Crippen LogP contribution in [0.5, 0.6) is 0 Å². The number of benzene rings is 1. The second-order valence-corrected chi connectivity index (χ2v) is 9.52. The number of imidazole rings is 1. The number of nitrogens with zero attached hydrogens (tertiary/aromatic N) is 3. The summed E-state index contributed by atoms with van der Waals surface area (Å²) in [6.07, 6.45) is 3.91. The first-order valence-corrected chi connectivity index (χ1v) is 10.2. The molecule has 0 N–H and O–H groups in total. The second kappa shape index (κ2) is 6.25. The molecular weight excluding hydrogens is 394 g/mol. The molecule has 6 heteroatoms. The molecule has 0 aliphatic carbocycles. The monoisotopic (exact) mass is 419 g/mol. The minimum absolute atomic E-state index is 0.155. The van der Waals surface area contributed by atoms with E-state index in [-0.39, 0.29) is 18.2 Å². The Morgan fingerprint density at radius 1 is 1.23 bits per heavy atom. The molecule has 140 valence electrons. The second-order valence-electron chi connectivity index (χ2n) is 8.60. The van der Waals surface area contributed by atoms with Crippen LogP contribution in [0.2, 0.25) is 0 Å². The van der Waals surface area contributed by atoms with E-state index in [1.165, 1.54) is 0 Å². The number of carbonyl (C=O) groups is 1. The SMILES string of the molecule is Cn1c(C2C[C@H]3CC[C@@H](C2)N3C(=O)OC(C)(C)C)nc2cc(Br)ccc21. The van der Waals surface area contributed by atoms with Crippen molar-refractivity contribution >= 4 is 33.1 Å². The van der Waals surface area contributed by atoms with Crippen molar-refractivity contribution in [3.05, 3.63) is 28.5 Å². The lowest BCUT2D eigenvalue weighted by molar-refractivity contribution is 0.00548. The van der Waals surface area contributed by atoms with E-state index in [1.807, 2.05) is 25.7 Å². The first-order chi connectivity index (χ1) is 12.2. The molecule has 2 fully saturated rings. The highest BCUT2D eigenvalue weighted by molar-refractivity contribution is 9.10. The van der Waals surface area contributed by atoms with Gasteiger partial charge in [0, 0.05) is 29.5 Å². The van der Waals surface area contributed by atoms with E-state index in [9.17, 15) is 4.79 Å². The first-order valence-electron chi connectivity index (χ1n) is 9.36. The molecule has 1 unspecified atom stereocenters. The molecule has 3 atom stereocenters. The summed E-state index contributed by atoms with van der Waals surface area (Å²) in [5.74, 6) is 1.53. The van der Waals surface area contributed by atoms with Gasteiger partial charge >= 0.3 is 6.09 Å². The molecule has 1 aromatic heterocycles. The van der Waals surface area contributed by atoms with Crippen LogP contribution in [-0.4, -0.2) is 38.2 Å². The van der Waals surface area contributed by atoms with Crippen LogP contribution < -0.4 is 0 Å². The van der Waals surface area contributed by atoms with Gasteiger partial charge in [0.25, 0.3) is 0 Å². The Kier molecular flexibility index (Phi) is 4.29. The molecule has 2 aromatic rings. The van der Waals surface area contributed by atoms with Gasteiger partial charge in [0.05, 0.1) is 11.0 Å². The molecule has 1 amide bonds. The van der Waals surface area contributed by atoms with E-state index < -0.39 is 5.60 Å². The Bertz CT molecular complexity index is 841. The van der Waals surface area contributed by atoms with Gasteiger partial charge in [-0.15, -0.1) is 0 Å². The topological polar surface area (TPSA) is 47.4 Å². The zero-order valence-corrected chi connectivity index (χ0v) is 17.4. The Hall–Kier alpha value is -1.56. The number of carbonyl (C=O) groups excluding carboxylic acids is 1. The van der Waals surface area contributed by atoms with Crippen molar-refractivity contribution in [1.29, 1.82) is 0 Å². The fraction of sp³-hybridized carbons (Fsp3) is 0.600. The standard InChI is InChI=1S/C20H26BrN3O2/c1-20(2,3)26-19(25)24-14-6-7-15(24)10-12(9-14)18-22-16-11-13(21)5-8-17(16)23(18)4/h5,8,11-12,14-15H,6-7,9-10H2,1-4H3/t12?,14-,15+. The minimum Gasteiger partial charge on any atom is -0.444 e. The maximum Gasteiger partial charge on any atom is 0.410 e. The van der Waals surface area contributed by atoms with Gasteiger partial charge in [-0.1, -0.05) is 15.9 Å². The largest absolute Gasteiger partial charge is 0.444 e. The first kappa shape index (κ1) is 17.8. The van der Waals surface area contributed by atoms with Gasteiger partial charge < -0.3 is 14.2 Å². The molecule has 0 radical (unpaired) electrons. The Balaban J connectivity index is 1.58. The van der Waals surface area contributed by atoms with E-state index >= 15 is 0 Å². The molecule has 0 saturated carbocycles. The maximum atomic E-state index is 12.6. The molecule has 26 heavy (non-hydrogen) atoms. The average molecular weight is 420 g/mol. The number of hydrogen-bond acceptors (Lipinski definition) is 3. The minimum atomic E-state index is -0.446. The van der Waals surface area contributed by atoms with Gasteiger partial charge in [-0.2, -0.15) is 0 Å². The molecule has 4 rings (SSSR count). The smallest absolute Gasteiger partial charge is 0.410 e. The fourth-order valence-electron chi connectivity index (χ4n) is 4.56. The number of aromatic nitrogens is 2. The molecular formula is C20H26BrN3O2. The van der Waals surface area contributed by atoms with E-state index in [0.29, 0.717) is 5.92 Å². The normalized spacial score (nSPS) is 25.7. The Labute approximate surface area is 162 Å². The number of rotatable bonds is 1. The van der Waals surface area contributed by atoms with Crippen LogP contribution in [0.3, 0.4) is 0 Å². The summed E-state index contributed by atoms with van der Waals surface area (Å²) in [7, 11) is 2.10. The van der Waals surface area contributed by atoms with Crippen LogP contribution in [0.25, 0.3) is 11.0 Å². The third-order valence-corrected chi connectivity index (χ3v) is 6.07. The molecule has 1 aromatic carbocycles. The molecule has 2 bridgehead atoms. The molecule has 3 heterocycles. The maximum absolute atomic E-state index is 12.6. The average Bonchev–Trinajstić information content (AvgIpc) is 3.00. The van der Waals surface area contributed by atoms with Crippen LogP contribution in [0, 0.1) is 0 Å². The van der Waals surface area contributed by atoms with Crippen molar-refractivity contribution in [3.8, 4) is 0 Å². The van der Waals surface area contributed by atoms with Gasteiger partial charge in [-0.25, -0.2) is 9.78 Å². The molecule has 2 aliphatic rings. The quantitative estimate of drug-likeness (QED) is 0.654. The van der Waals surface area contributed by atoms with E-state index in [0.717, 1.165) is 47.0 Å². The lowest BCUT2D eigenvalue weighted by atomic mass is 9.90. The zero-order valence-electron chi connectivity index (χ0n) is 15.8. The number of hydrogen-bond donors (Lipinski definition) is 0. The van der Waals surface area contributed by atoms with Crippen molar-refractivity contribution < 1.29 is 9.53 Å². The summed E-state index contributed by atoms with van der Waals surface area (Å²) in [5, 5.41) is 0. The molecule has 2 aliphatic heterocycles. The van der Waals surface area contributed by atoms with Crippen LogP contribution in [0.1, 0.15) is 58.2 Å². The molecule has 5 nitrogen and oxygen atoms in total. The summed E-state index contributed by atoms with van der Waals surface area (Å²) in [4.78, 5) is 19.6. The van der Waals surface area contributed by atoms with Crippen LogP contribution >= 0.6 is 15.9 Å². The number of ether oxygens (including phenoxy) is 1. The summed E-state index contributed by atoms with van der Waals surface area (Å²) in [6, 6.07) is 6.77. The lowest BCUT2D eigenvalue weighted by Crippen LogP contribution is -2.48. The highest BCUT2D eigenvalue weighted by Gasteiger charge is 2.46. The van der Waals surface area contributed by atoms with Crippen molar-refractivity contribution in [3.63, 3.8) is 0 Å². The lowest BCUT2D eigenvalue weighted by Gasteiger charge is -2.39. The highest BCUT2D eigenvalue weighted by atomic mass is 79.9. The van der Waals surface area contributed by atoms with E-state index in [1.54, 1.807) is 0 Å². The highest BCUT2D eigenvalue weighted by Crippen LogP contribution is 2.43. The fourth-order valence-corrected chi connectivity index (χ4v) is 4.91. The van der Waals surface area contributed by atoms with Crippen LogP contribution in [-0.2, 0) is 11.8 Å². The molecule has 0 spiro atoms. The zero-order chi connectivity index (χ0) is 18.6. The molecule has 2 saturated heterocycles. The Morgan fingerprint density at radius 3 is 2.50 bits per heavy atom. The number of aryl methyl sites for hydroxylation is 1. The number of halogens is 1. The van der Waals surface area contributed by atoms with Gasteiger partial charge in [0.15, 0.2) is 0 Å². The predicted octanol–water partition coefficient (Wildman–Crippen LogP) is 4.98. The third-order valence-electron chi connectivity index (χ3n) is 5.58. The van der Waals surface area contributed by atoms with Crippen molar-refractivity contribution in [2.75, 3.05) is 0 Å². The van der Waals surface area contributed by atoms with Crippen molar-refractivity contribution in [2.45, 2.75) is 70.1 Å². The van der Waals surface area contributed by atoms with Gasteiger partial charge in [-0.3, -0.25) is 0 Å². The number of piperidine rings is 1. The number of amides is 1. The van der Waals surface area contributed by atoms with Crippen molar-refractivity contribution in [1.82, 2.24) is 14.5 Å². The summed E-state index contributed by atoms with van der Waals surface area (Å²) in [5.41, 5.74) is 1.74. The van der Waals surface area contributed by atoms with E-state index in [4.69, 9.17) is 9.72 Å². The Morgan fingerprint density at radius 2 is 1.88 bits per heavy atom. The van der Waals surface area contributed by atoms with Gasteiger partial charge in [0.1, 0.15) is 11.4 Å². The van der Waals surface area contributed by atoms with Gasteiger partial charge in [-0.05, 0) is 64.7 Å². The van der Waals surface area contributed by atoms with Crippen LogP contribution in [0.15, 0.2) is 22.7 Å². The van der Waals surface area contributed by atoms with Crippen molar-refractivity contribution in [2.24, 2.45) is 7.05 Å².